The molecule has 4 aromatic rings. The molecule has 4 heterocycles. The van der Waals surface area contributed by atoms with Crippen LogP contribution >= 0.6 is 0 Å². The van der Waals surface area contributed by atoms with Crippen molar-refractivity contribution < 1.29 is 0 Å². The van der Waals surface area contributed by atoms with E-state index in [-0.39, 0.29) is 5.56 Å². The summed E-state index contributed by atoms with van der Waals surface area (Å²) >= 11 is 0. The molecule has 1 aliphatic heterocycles. The van der Waals surface area contributed by atoms with Crippen LogP contribution in [0, 0.1) is 0 Å². The Morgan fingerprint density at radius 1 is 0.867 bits per heavy atom. The van der Waals surface area contributed by atoms with Crippen molar-refractivity contribution in [2.75, 3.05) is 37.6 Å². The van der Waals surface area contributed by atoms with E-state index in [1.807, 2.05) is 18.5 Å². The molecular weight excluding hydrogens is 378 g/mol. The summed E-state index contributed by atoms with van der Waals surface area (Å²) in [5.74, 6) is 1.70. The van der Waals surface area contributed by atoms with E-state index in [0.29, 0.717) is 12.4 Å². The van der Waals surface area contributed by atoms with Gasteiger partial charge in [0.2, 0.25) is 0 Å². The van der Waals surface area contributed by atoms with Gasteiger partial charge in [0.25, 0.3) is 5.56 Å². The first-order valence-corrected chi connectivity index (χ1v) is 10.2. The van der Waals surface area contributed by atoms with Gasteiger partial charge in [0.15, 0.2) is 5.82 Å². The lowest BCUT2D eigenvalue weighted by molar-refractivity contribution is 0.242. The van der Waals surface area contributed by atoms with Gasteiger partial charge >= 0.3 is 0 Å². The number of benzene rings is 1. The fourth-order valence-electron chi connectivity index (χ4n) is 3.90. The molecule has 1 aromatic carbocycles. The molecule has 0 amide bonds. The third kappa shape index (κ3) is 3.69. The molecule has 1 fully saturated rings. The summed E-state index contributed by atoms with van der Waals surface area (Å²) < 4.78 is 3.18. The minimum Gasteiger partial charge on any atom is -0.354 e. The molecule has 5 rings (SSSR count). The third-order valence-corrected chi connectivity index (χ3v) is 5.54. The van der Waals surface area contributed by atoms with E-state index >= 15 is 0 Å². The fourth-order valence-corrected chi connectivity index (χ4v) is 3.90. The molecule has 30 heavy (non-hydrogen) atoms. The van der Waals surface area contributed by atoms with Gasteiger partial charge in [-0.05, 0) is 23.6 Å². The Morgan fingerprint density at radius 2 is 1.73 bits per heavy atom. The van der Waals surface area contributed by atoms with Crippen molar-refractivity contribution in [3.8, 4) is 5.82 Å². The maximum absolute atomic E-state index is 12.2. The summed E-state index contributed by atoms with van der Waals surface area (Å²) in [5.41, 5.74) is -0.0931. The van der Waals surface area contributed by atoms with Crippen molar-refractivity contribution in [3.63, 3.8) is 0 Å². The van der Waals surface area contributed by atoms with Crippen molar-refractivity contribution in [2.24, 2.45) is 0 Å². The normalized spacial score (nSPS) is 15.0. The molecule has 0 spiro atoms. The lowest BCUT2D eigenvalue weighted by Gasteiger charge is -2.35. The van der Waals surface area contributed by atoms with Crippen molar-refractivity contribution in [1.82, 2.24) is 29.4 Å². The van der Waals surface area contributed by atoms with Crippen LogP contribution < -0.4 is 10.5 Å². The second kappa shape index (κ2) is 8.08. The van der Waals surface area contributed by atoms with Crippen LogP contribution in [-0.2, 0) is 6.54 Å². The van der Waals surface area contributed by atoms with Crippen molar-refractivity contribution in [1.29, 1.82) is 0 Å². The zero-order chi connectivity index (χ0) is 20.3. The van der Waals surface area contributed by atoms with E-state index in [1.165, 1.54) is 15.5 Å². The fraction of sp³-hybridized carbons (Fsp3) is 0.273. The first-order valence-electron chi connectivity index (χ1n) is 10.2. The van der Waals surface area contributed by atoms with E-state index in [0.717, 1.165) is 38.5 Å². The summed E-state index contributed by atoms with van der Waals surface area (Å²) in [6, 6.07) is 15.5. The number of piperazine rings is 1. The van der Waals surface area contributed by atoms with Gasteiger partial charge < -0.3 is 4.90 Å². The predicted molar refractivity (Wildman–Crippen MR) is 116 cm³/mol. The summed E-state index contributed by atoms with van der Waals surface area (Å²) in [4.78, 5) is 21.6. The predicted octanol–water partition coefficient (Wildman–Crippen LogP) is 1.80. The number of nitrogens with zero attached hydrogens (tertiary/aromatic N) is 7. The van der Waals surface area contributed by atoms with Gasteiger partial charge in [-0.2, -0.15) is 5.10 Å². The van der Waals surface area contributed by atoms with Gasteiger partial charge in [0, 0.05) is 62.8 Å². The topological polar surface area (TPSA) is 72.1 Å². The van der Waals surface area contributed by atoms with Crippen LogP contribution in [0.5, 0.6) is 0 Å². The summed E-state index contributed by atoms with van der Waals surface area (Å²) in [6.07, 6.45) is 5.40. The number of aromatic nitrogens is 5. The van der Waals surface area contributed by atoms with Crippen LogP contribution in [0.3, 0.4) is 0 Å². The van der Waals surface area contributed by atoms with Gasteiger partial charge in [-0.3, -0.25) is 9.69 Å². The largest absolute Gasteiger partial charge is 0.354 e. The molecule has 0 bridgehead atoms. The zero-order valence-corrected chi connectivity index (χ0v) is 16.6. The zero-order valence-electron chi connectivity index (χ0n) is 16.6. The second-order valence-corrected chi connectivity index (χ2v) is 7.39. The summed E-state index contributed by atoms with van der Waals surface area (Å²) in [6.45, 7) is 5.02. The number of rotatable bonds is 5. The average molecular weight is 401 g/mol. The lowest BCUT2D eigenvalue weighted by Crippen LogP contribution is -2.48. The molecule has 8 heteroatoms. The molecule has 0 unspecified atom stereocenters. The first kappa shape index (κ1) is 18.5. The highest BCUT2D eigenvalue weighted by molar-refractivity contribution is 5.92. The molecular formula is C22H23N7O. The molecule has 1 saturated heterocycles. The molecule has 3 aromatic heterocycles. The molecule has 0 aliphatic carbocycles. The number of hydrogen-bond donors (Lipinski definition) is 0. The molecule has 1 aliphatic rings. The van der Waals surface area contributed by atoms with Gasteiger partial charge in [0.05, 0.1) is 6.54 Å². The van der Waals surface area contributed by atoms with Crippen LogP contribution in [0.1, 0.15) is 0 Å². The maximum atomic E-state index is 12.2. The lowest BCUT2D eigenvalue weighted by atomic mass is 10.1. The Kier molecular flexibility index (Phi) is 4.98. The first-order chi connectivity index (χ1) is 14.8. The number of anilines is 1. The van der Waals surface area contributed by atoms with Crippen molar-refractivity contribution >= 4 is 16.6 Å². The molecule has 8 nitrogen and oxygen atoms in total. The Hall–Kier alpha value is -3.52. The van der Waals surface area contributed by atoms with Gasteiger partial charge in [-0.15, -0.1) is 5.10 Å². The van der Waals surface area contributed by atoms with Crippen LogP contribution in [-0.4, -0.2) is 62.2 Å². The van der Waals surface area contributed by atoms with E-state index in [4.69, 9.17) is 0 Å². The highest BCUT2D eigenvalue weighted by Gasteiger charge is 2.19. The molecule has 0 atom stereocenters. The molecule has 0 saturated carbocycles. The van der Waals surface area contributed by atoms with Gasteiger partial charge in [-0.1, -0.05) is 24.3 Å². The van der Waals surface area contributed by atoms with Gasteiger partial charge in [0.1, 0.15) is 5.82 Å². The average Bonchev–Trinajstić information content (AvgIpc) is 3.34. The summed E-state index contributed by atoms with van der Waals surface area (Å²) in [5, 5.41) is 11.0. The Balaban J connectivity index is 1.23. The minimum absolute atomic E-state index is 0.0931. The Labute approximate surface area is 174 Å². The standard InChI is InChI=1S/C22H23N7O/c30-21-7-6-20(28-11-3-9-24-28)25-29(21)17-14-26-12-15-27(16-13-26)22-19-5-2-1-4-18(19)8-10-23-22/h1-11H,12-17H2. The monoisotopic (exact) mass is 401 g/mol. The second-order valence-electron chi connectivity index (χ2n) is 7.39. The van der Waals surface area contributed by atoms with Crippen LogP contribution in [0.2, 0.25) is 0 Å². The molecule has 152 valence electrons. The van der Waals surface area contributed by atoms with Crippen LogP contribution in [0.4, 0.5) is 5.82 Å². The van der Waals surface area contributed by atoms with Crippen LogP contribution in [0.15, 0.2) is 71.9 Å². The highest BCUT2D eigenvalue weighted by atomic mass is 16.1. The number of fused-ring (bicyclic) bond motifs is 1. The van der Waals surface area contributed by atoms with Gasteiger partial charge in [-0.25, -0.2) is 14.3 Å². The molecule has 0 N–H and O–H groups in total. The maximum Gasteiger partial charge on any atom is 0.266 e. The summed E-state index contributed by atoms with van der Waals surface area (Å²) in [7, 11) is 0. The Bertz CT molecular complexity index is 1190. The van der Waals surface area contributed by atoms with Crippen LogP contribution in [0.25, 0.3) is 16.6 Å². The number of pyridine rings is 1. The third-order valence-electron chi connectivity index (χ3n) is 5.54. The van der Waals surface area contributed by atoms with E-state index in [2.05, 4.69) is 55.3 Å². The molecule has 0 radical (unpaired) electrons. The SMILES string of the molecule is O=c1ccc(-n2cccn2)nn1CCN1CCN(c2nccc3ccccc23)CC1. The highest BCUT2D eigenvalue weighted by Crippen LogP contribution is 2.24. The minimum atomic E-state index is -0.0931. The Morgan fingerprint density at radius 3 is 2.57 bits per heavy atom. The smallest absolute Gasteiger partial charge is 0.266 e. The van der Waals surface area contributed by atoms with Crippen molar-refractivity contribution in [2.45, 2.75) is 6.54 Å². The quantitative estimate of drug-likeness (QED) is 0.508. The van der Waals surface area contributed by atoms with E-state index in [1.54, 1.807) is 23.0 Å². The number of hydrogen-bond acceptors (Lipinski definition) is 6. The van der Waals surface area contributed by atoms with E-state index in [9.17, 15) is 4.79 Å². The van der Waals surface area contributed by atoms with E-state index < -0.39 is 0 Å². The van der Waals surface area contributed by atoms with Crippen molar-refractivity contribution in [3.05, 3.63) is 77.5 Å².